The van der Waals surface area contributed by atoms with E-state index < -0.39 is 11.4 Å². The van der Waals surface area contributed by atoms with Gasteiger partial charge in [0.15, 0.2) is 0 Å². The highest BCUT2D eigenvalue weighted by atomic mass is 32.1. The molecule has 0 saturated carbocycles. The summed E-state index contributed by atoms with van der Waals surface area (Å²) in [5.41, 5.74) is 7.26. The number of hydrogen-bond acceptors (Lipinski definition) is 6. The summed E-state index contributed by atoms with van der Waals surface area (Å²) >= 11 is 1.20. The third-order valence-electron chi connectivity index (χ3n) is 4.52. The number of rotatable bonds is 6. The molecule has 4 rings (SSSR count). The lowest BCUT2D eigenvalue weighted by atomic mass is 10.1. The van der Waals surface area contributed by atoms with Gasteiger partial charge in [0.25, 0.3) is 5.78 Å². The number of hydrogen-bond donors (Lipinski definition) is 2. The molecule has 0 saturated heterocycles. The fourth-order valence-corrected chi connectivity index (χ4v) is 4.09. The molecule has 0 aliphatic carbocycles. The second-order valence-electron chi connectivity index (χ2n) is 6.43. The average molecular weight is 395 g/mol. The predicted molar refractivity (Wildman–Crippen MR) is 107 cm³/mol. The summed E-state index contributed by atoms with van der Waals surface area (Å²) in [4.78, 5) is 31.0. The minimum Gasteiger partial charge on any atom is -0.397 e. The second-order valence-corrected chi connectivity index (χ2v) is 7.43. The van der Waals surface area contributed by atoms with Gasteiger partial charge in [0, 0.05) is 23.2 Å². The summed E-state index contributed by atoms with van der Waals surface area (Å²) in [5.74, 6) is -0.491. The summed E-state index contributed by atoms with van der Waals surface area (Å²) in [6.45, 7) is 2.13. The number of aryl methyl sites for hydroxylation is 1. The largest absolute Gasteiger partial charge is 0.439 e. The number of aromatic nitrogens is 3. The van der Waals surface area contributed by atoms with Gasteiger partial charge in [-0.25, -0.2) is 9.78 Å². The monoisotopic (exact) mass is 395 g/mol. The highest BCUT2D eigenvalue weighted by molar-refractivity contribution is 7.21. The number of carbonyl (C=O) groups is 1. The van der Waals surface area contributed by atoms with Gasteiger partial charge in [0.05, 0.1) is 5.69 Å². The van der Waals surface area contributed by atoms with Crippen molar-refractivity contribution in [2.24, 2.45) is 0 Å². The number of nitrogen functional groups attached to an aromatic ring is 1. The van der Waals surface area contributed by atoms with Crippen molar-refractivity contribution in [3.05, 3.63) is 69.1 Å². The number of pyridine rings is 1. The average Bonchev–Trinajstić information content (AvgIpc) is 3.26. The molecular formula is C20H19N4O3S+. The fourth-order valence-electron chi connectivity index (χ4n) is 3.03. The van der Waals surface area contributed by atoms with Crippen molar-refractivity contribution in [2.75, 3.05) is 5.73 Å². The highest BCUT2D eigenvalue weighted by Gasteiger charge is 2.34. The van der Waals surface area contributed by atoms with E-state index >= 15 is 0 Å². The number of anilines is 1. The van der Waals surface area contributed by atoms with Crippen molar-refractivity contribution in [1.29, 1.82) is 0 Å². The van der Waals surface area contributed by atoms with E-state index in [1.54, 1.807) is 24.3 Å². The number of thiophene rings is 1. The summed E-state index contributed by atoms with van der Waals surface area (Å²) in [6, 6.07) is 12.8. The molecular weight excluding hydrogens is 376 g/mol. The molecule has 0 atom stereocenters. The van der Waals surface area contributed by atoms with Crippen molar-refractivity contribution in [3.63, 3.8) is 0 Å². The summed E-state index contributed by atoms with van der Waals surface area (Å²) in [6.07, 6.45) is 3.01. The zero-order chi connectivity index (χ0) is 19.7. The fraction of sp³-hybridized carbons (Fsp3) is 0.200. The van der Waals surface area contributed by atoms with Crippen molar-refractivity contribution >= 4 is 33.0 Å². The van der Waals surface area contributed by atoms with Crippen LogP contribution in [0.1, 0.15) is 40.8 Å². The molecule has 0 amide bonds. The van der Waals surface area contributed by atoms with Crippen LogP contribution in [0.15, 0.2) is 51.8 Å². The van der Waals surface area contributed by atoms with E-state index in [2.05, 4.69) is 17.2 Å². The first kappa shape index (κ1) is 18.1. The van der Waals surface area contributed by atoms with E-state index in [9.17, 15) is 9.59 Å². The molecule has 142 valence electrons. The van der Waals surface area contributed by atoms with E-state index in [0.29, 0.717) is 16.2 Å². The van der Waals surface area contributed by atoms with Crippen LogP contribution in [0, 0.1) is 0 Å². The molecule has 0 fully saturated rings. The van der Waals surface area contributed by atoms with Gasteiger partial charge in [0.2, 0.25) is 5.69 Å². The molecule has 28 heavy (non-hydrogen) atoms. The SMILES string of the molecule is CCCCc1ccc2c(N)c(C(=O)c3c(=O)o[nH][n+]3-c3ccccc3)sc2n1. The van der Waals surface area contributed by atoms with E-state index in [0.717, 1.165) is 30.3 Å². The lowest BCUT2D eigenvalue weighted by Crippen LogP contribution is -2.41. The Balaban J connectivity index is 1.79. The van der Waals surface area contributed by atoms with Crippen LogP contribution in [-0.4, -0.2) is 16.0 Å². The van der Waals surface area contributed by atoms with Gasteiger partial charge in [-0.2, -0.15) is 0 Å². The molecule has 3 N–H and O–H groups in total. The van der Waals surface area contributed by atoms with Gasteiger partial charge in [0.1, 0.15) is 9.71 Å². The Morgan fingerprint density at radius 2 is 2.04 bits per heavy atom. The standard InChI is InChI=1S/C20H18N4O3S/c1-2-3-7-12-10-11-14-15(21)18(28-19(14)22-12)17(25)16-20(26)27-23-24(16)13-8-5-4-6-9-13/h4-6,8-11H,2-3,7H2,1H3,(H2-,21,23,25,26)/p+1. The molecule has 0 radical (unpaired) electrons. The zero-order valence-corrected chi connectivity index (χ0v) is 16.1. The number of nitrogens with two attached hydrogens (primary N) is 1. The molecule has 0 unspecified atom stereocenters. The van der Waals surface area contributed by atoms with E-state index in [1.807, 2.05) is 18.2 Å². The number of benzene rings is 1. The molecule has 0 aliphatic heterocycles. The molecule has 0 bridgehead atoms. The normalized spacial score (nSPS) is 11.2. The number of carbonyl (C=O) groups excluding carboxylic acids is 1. The Bertz CT molecular complexity index is 1210. The highest BCUT2D eigenvalue weighted by Crippen LogP contribution is 2.33. The maximum absolute atomic E-state index is 13.2. The van der Waals surface area contributed by atoms with Crippen LogP contribution in [0.5, 0.6) is 0 Å². The van der Waals surface area contributed by atoms with Gasteiger partial charge in [-0.3, -0.25) is 9.32 Å². The topological polar surface area (TPSA) is 106 Å². The molecule has 0 aliphatic rings. The lowest BCUT2D eigenvalue weighted by Gasteiger charge is -1.99. The zero-order valence-electron chi connectivity index (χ0n) is 15.3. The van der Waals surface area contributed by atoms with Crippen molar-refractivity contribution in [3.8, 4) is 5.69 Å². The van der Waals surface area contributed by atoms with Crippen LogP contribution in [0.3, 0.4) is 0 Å². The van der Waals surface area contributed by atoms with Crippen LogP contribution >= 0.6 is 11.3 Å². The Hall–Kier alpha value is -3.26. The van der Waals surface area contributed by atoms with Crippen LogP contribution in [0.25, 0.3) is 15.9 Å². The first-order chi connectivity index (χ1) is 13.6. The number of fused-ring (bicyclic) bond motifs is 1. The van der Waals surface area contributed by atoms with E-state index in [1.165, 1.54) is 16.0 Å². The molecule has 0 spiro atoms. The molecule has 7 nitrogen and oxygen atoms in total. The Morgan fingerprint density at radius 1 is 1.25 bits per heavy atom. The number of para-hydroxylation sites is 1. The van der Waals surface area contributed by atoms with E-state index in [-0.39, 0.29) is 10.6 Å². The molecule has 4 aromatic rings. The lowest BCUT2D eigenvalue weighted by molar-refractivity contribution is -0.672. The van der Waals surface area contributed by atoms with Gasteiger partial charge in [-0.05, 0) is 34.9 Å². The number of H-pyrrole nitrogens is 1. The Morgan fingerprint density at radius 3 is 2.79 bits per heavy atom. The maximum Gasteiger partial charge on any atom is 0.439 e. The van der Waals surface area contributed by atoms with Gasteiger partial charge < -0.3 is 5.73 Å². The first-order valence-electron chi connectivity index (χ1n) is 9.01. The van der Waals surface area contributed by atoms with Crippen molar-refractivity contribution < 1.29 is 14.0 Å². The quantitative estimate of drug-likeness (QED) is 0.386. The van der Waals surface area contributed by atoms with Gasteiger partial charge in [-0.1, -0.05) is 31.5 Å². The van der Waals surface area contributed by atoms with Gasteiger partial charge >= 0.3 is 11.3 Å². The van der Waals surface area contributed by atoms with Crippen LogP contribution in [0.2, 0.25) is 0 Å². The first-order valence-corrected chi connectivity index (χ1v) is 9.83. The third kappa shape index (κ3) is 3.11. The Kier molecular flexibility index (Phi) is 4.79. The number of ketones is 1. The second kappa shape index (κ2) is 7.40. The van der Waals surface area contributed by atoms with Crippen LogP contribution < -0.4 is 16.0 Å². The predicted octanol–water partition coefficient (Wildman–Crippen LogP) is 3.01. The molecule has 1 aromatic carbocycles. The van der Waals surface area contributed by atoms with Crippen LogP contribution in [0.4, 0.5) is 5.69 Å². The third-order valence-corrected chi connectivity index (χ3v) is 5.63. The number of nitrogens with zero attached hydrogens (tertiary/aromatic N) is 2. The Labute approximate surface area is 164 Å². The smallest absolute Gasteiger partial charge is 0.397 e. The number of unbranched alkanes of at least 4 members (excludes halogenated alkanes) is 1. The molecule has 3 heterocycles. The minimum atomic E-state index is -0.748. The van der Waals surface area contributed by atoms with Gasteiger partial charge in [-0.15, -0.1) is 11.3 Å². The number of aromatic amines is 1. The minimum absolute atomic E-state index is 0.129. The van der Waals surface area contributed by atoms with Crippen molar-refractivity contribution in [1.82, 2.24) is 10.3 Å². The summed E-state index contributed by atoms with van der Waals surface area (Å²) in [5, 5.41) is 3.21. The van der Waals surface area contributed by atoms with Crippen molar-refractivity contribution in [2.45, 2.75) is 26.2 Å². The number of nitrogens with one attached hydrogen (secondary N) is 1. The van der Waals surface area contributed by atoms with E-state index in [4.69, 9.17) is 10.3 Å². The summed E-state index contributed by atoms with van der Waals surface area (Å²) in [7, 11) is 0. The molecule has 3 aromatic heterocycles. The summed E-state index contributed by atoms with van der Waals surface area (Å²) < 4.78 is 6.21. The maximum atomic E-state index is 13.2. The van der Waals surface area contributed by atoms with Crippen LogP contribution in [-0.2, 0) is 6.42 Å². The molecule has 8 heteroatoms.